The van der Waals surface area contributed by atoms with Gasteiger partial charge in [-0.1, -0.05) is 13.8 Å². The summed E-state index contributed by atoms with van der Waals surface area (Å²) >= 11 is 2.91. The third kappa shape index (κ3) is 6.29. The van der Waals surface area contributed by atoms with Crippen molar-refractivity contribution >= 4 is 53.9 Å². The number of sulfonamides is 1. The Morgan fingerprint density at radius 3 is 2.76 bits per heavy atom. The van der Waals surface area contributed by atoms with Crippen molar-refractivity contribution < 1.29 is 27.8 Å². The van der Waals surface area contributed by atoms with Crippen molar-refractivity contribution in [1.29, 1.82) is 0 Å². The second-order valence-electron chi connectivity index (χ2n) is 9.47. The zero-order chi connectivity index (χ0) is 26.7. The molecule has 2 amide bonds. The number of β-amino-alcohol motifs (C(OH)–C–C–N with tert-alkyl or cyclic N) is 1. The van der Waals surface area contributed by atoms with Gasteiger partial charge in [-0.3, -0.25) is 9.59 Å². The predicted molar refractivity (Wildman–Crippen MR) is 142 cm³/mol. The maximum absolute atomic E-state index is 13.2. The van der Waals surface area contributed by atoms with E-state index in [1.165, 1.54) is 29.5 Å². The molecule has 0 radical (unpaired) electrons. The Labute approximate surface area is 223 Å². The van der Waals surface area contributed by atoms with E-state index in [2.05, 4.69) is 10.6 Å². The van der Waals surface area contributed by atoms with E-state index >= 15 is 0 Å². The van der Waals surface area contributed by atoms with Crippen LogP contribution in [0.1, 0.15) is 42.8 Å². The normalized spacial score (nSPS) is 20.0. The molecule has 13 heteroatoms. The lowest BCUT2D eigenvalue weighted by Gasteiger charge is -2.27. The van der Waals surface area contributed by atoms with Crippen molar-refractivity contribution in [2.75, 3.05) is 13.1 Å². The lowest BCUT2D eigenvalue weighted by molar-refractivity contribution is -0.646. The molecule has 0 spiro atoms. The highest BCUT2D eigenvalue weighted by molar-refractivity contribution is 7.88. The summed E-state index contributed by atoms with van der Waals surface area (Å²) in [4.78, 5) is 26.7. The van der Waals surface area contributed by atoms with Gasteiger partial charge in [-0.2, -0.15) is 9.04 Å². The van der Waals surface area contributed by atoms with Gasteiger partial charge in [0, 0.05) is 34.6 Å². The van der Waals surface area contributed by atoms with Gasteiger partial charge in [-0.25, -0.2) is 8.42 Å². The molecule has 1 aliphatic rings. The highest BCUT2D eigenvalue weighted by Crippen LogP contribution is 2.30. The lowest BCUT2D eigenvalue weighted by atomic mass is 10.0. The number of aromatic nitrogens is 1. The number of nitrogens with one attached hydrogen (secondary N) is 2. The molecule has 10 nitrogen and oxygen atoms in total. The molecule has 0 saturated carbocycles. The Balaban J connectivity index is 1.43. The van der Waals surface area contributed by atoms with Gasteiger partial charge >= 0.3 is 15.0 Å². The minimum Gasteiger partial charge on any atom is -0.618 e. The highest BCUT2D eigenvalue weighted by Gasteiger charge is 2.37. The number of aliphatic hydroxyl groups is 1. The fourth-order valence-electron chi connectivity index (χ4n) is 4.33. The molecule has 1 saturated heterocycles. The van der Waals surface area contributed by atoms with Gasteiger partial charge in [0.2, 0.25) is 5.91 Å². The average Bonchev–Trinajstić information content (AvgIpc) is 3.39. The number of carbonyl (C=O) groups excluding carboxylic acids is 2. The molecular weight excluding hydrogens is 536 g/mol. The van der Waals surface area contributed by atoms with Crippen molar-refractivity contribution in [2.45, 2.75) is 56.3 Å². The van der Waals surface area contributed by atoms with Gasteiger partial charge in [-0.15, -0.1) is 22.7 Å². The van der Waals surface area contributed by atoms with E-state index < -0.39 is 39.1 Å². The summed E-state index contributed by atoms with van der Waals surface area (Å²) in [7, 11) is -4.13. The second kappa shape index (κ2) is 11.4. The van der Waals surface area contributed by atoms with Crippen molar-refractivity contribution in [1.82, 2.24) is 14.9 Å². The van der Waals surface area contributed by atoms with E-state index in [0.29, 0.717) is 24.1 Å². The van der Waals surface area contributed by atoms with Crippen molar-refractivity contribution in [3.8, 4) is 0 Å². The van der Waals surface area contributed by atoms with Gasteiger partial charge in [-0.05, 0) is 48.8 Å². The minimum absolute atomic E-state index is 0.0995. The van der Waals surface area contributed by atoms with E-state index in [-0.39, 0.29) is 29.6 Å². The molecule has 0 aromatic carbocycles. The summed E-state index contributed by atoms with van der Waals surface area (Å²) in [6.07, 6.45) is 1.03. The van der Waals surface area contributed by atoms with Crippen LogP contribution in [0.3, 0.4) is 0 Å². The Morgan fingerprint density at radius 1 is 1.27 bits per heavy atom. The monoisotopic (exact) mass is 566 g/mol. The zero-order valence-corrected chi connectivity index (χ0v) is 22.9. The van der Waals surface area contributed by atoms with E-state index in [1.54, 1.807) is 11.3 Å². The number of rotatable bonds is 8. The predicted octanol–water partition coefficient (Wildman–Crippen LogP) is 2.07. The summed E-state index contributed by atoms with van der Waals surface area (Å²) in [6.45, 7) is 3.73. The number of fused-ring (bicyclic) bond motifs is 1. The number of nitrogens with zero attached hydrogens (tertiary/aromatic N) is 2. The number of hydrogen-bond acceptors (Lipinski definition) is 8. The second-order valence-corrected chi connectivity index (χ2v) is 13.4. The van der Waals surface area contributed by atoms with Gasteiger partial charge in [0.1, 0.15) is 6.04 Å². The summed E-state index contributed by atoms with van der Waals surface area (Å²) < 4.78 is 29.4. The smallest absolute Gasteiger partial charge is 0.323 e. The standard InChI is InChI=1S/C24H30N4O6S3/c1-15(2)12-17(26-24(31)21-13-20-19(36-21)8-11-35-20)23(30)25-16-6-5-9-27(14-18(16)29)37(33,34)22-7-3-4-10-28(22)32/h3-4,7-8,10-11,13,15-18,29H,5-6,9,12,14H2,1-2H3,(H,25,30)(H,26,31)/t16?,17-,18?/m0/s1. The maximum Gasteiger partial charge on any atom is 0.323 e. The summed E-state index contributed by atoms with van der Waals surface area (Å²) in [5.41, 5.74) is 0. The van der Waals surface area contributed by atoms with E-state index in [4.69, 9.17) is 0 Å². The van der Waals surface area contributed by atoms with Crippen LogP contribution in [-0.4, -0.2) is 60.9 Å². The summed E-state index contributed by atoms with van der Waals surface area (Å²) in [6, 6.07) is 6.35. The first-order valence-electron chi connectivity index (χ1n) is 12.0. The molecule has 0 aliphatic carbocycles. The van der Waals surface area contributed by atoms with Crippen LogP contribution in [0.25, 0.3) is 9.40 Å². The number of pyridine rings is 1. The van der Waals surface area contributed by atoms with E-state index in [9.17, 15) is 28.3 Å². The van der Waals surface area contributed by atoms with Crippen LogP contribution < -0.4 is 15.4 Å². The Morgan fingerprint density at radius 2 is 2.05 bits per heavy atom. The highest BCUT2D eigenvalue weighted by atomic mass is 32.2. The molecule has 3 aromatic heterocycles. The first kappa shape index (κ1) is 27.5. The Hall–Kier alpha value is -2.58. The molecule has 37 heavy (non-hydrogen) atoms. The first-order valence-corrected chi connectivity index (χ1v) is 15.1. The van der Waals surface area contributed by atoms with Crippen LogP contribution in [0.5, 0.6) is 0 Å². The number of carbonyl (C=O) groups is 2. The van der Waals surface area contributed by atoms with E-state index in [0.717, 1.165) is 19.9 Å². The summed E-state index contributed by atoms with van der Waals surface area (Å²) in [5, 5.41) is 30.1. The van der Waals surface area contributed by atoms with Crippen molar-refractivity contribution in [2.24, 2.45) is 5.92 Å². The zero-order valence-electron chi connectivity index (χ0n) is 20.5. The number of aliphatic hydroxyl groups excluding tert-OH is 1. The lowest BCUT2D eigenvalue weighted by Crippen LogP contribution is -2.54. The largest absolute Gasteiger partial charge is 0.618 e. The summed E-state index contributed by atoms with van der Waals surface area (Å²) in [5.74, 6) is -0.643. The number of amides is 2. The third-order valence-electron chi connectivity index (χ3n) is 6.19. The van der Waals surface area contributed by atoms with Gasteiger partial charge in [0.25, 0.3) is 5.91 Å². The topological polar surface area (TPSA) is 143 Å². The SMILES string of the molecule is CC(C)C[C@H](NC(=O)c1cc2sccc2s1)C(=O)NC1CCCN(S(=O)(=O)c2cccc[n+]2[O-])CC1O. The maximum atomic E-state index is 13.2. The van der Waals surface area contributed by atoms with Crippen LogP contribution in [-0.2, 0) is 14.8 Å². The van der Waals surface area contributed by atoms with Crippen molar-refractivity contribution in [3.63, 3.8) is 0 Å². The van der Waals surface area contributed by atoms with Crippen LogP contribution in [0.4, 0.5) is 0 Å². The van der Waals surface area contributed by atoms with E-state index in [1.807, 2.05) is 31.4 Å². The first-order chi connectivity index (χ1) is 17.6. The molecule has 3 aromatic rings. The Kier molecular flexibility index (Phi) is 8.49. The molecule has 0 bridgehead atoms. The van der Waals surface area contributed by atoms with Crippen LogP contribution >= 0.6 is 22.7 Å². The third-order valence-corrected chi connectivity index (χ3v) is 10.1. The van der Waals surface area contributed by atoms with Gasteiger partial charge < -0.3 is 20.9 Å². The fraction of sp³-hybridized carbons (Fsp3) is 0.458. The van der Waals surface area contributed by atoms with Gasteiger partial charge in [0.15, 0.2) is 6.20 Å². The van der Waals surface area contributed by atoms with Gasteiger partial charge in [0.05, 0.1) is 17.0 Å². The number of thiophene rings is 2. The molecule has 1 aliphatic heterocycles. The molecule has 200 valence electrons. The quantitative estimate of drug-likeness (QED) is 0.281. The van der Waals surface area contributed by atoms with Crippen molar-refractivity contribution in [3.05, 3.63) is 52.0 Å². The molecule has 4 rings (SSSR count). The van der Waals surface area contributed by atoms with Crippen LogP contribution in [0, 0.1) is 11.1 Å². The molecule has 1 fully saturated rings. The van der Waals surface area contributed by atoms with Crippen LogP contribution in [0.2, 0.25) is 0 Å². The molecule has 3 N–H and O–H groups in total. The van der Waals surface area contributed by atoms with Crippen LogP contribution in [0.15, 0.2) is 46.9 Å². The minimum atomic E-state index is -4.13. The molecule has 2 unspecified atom stereocenters. The fourth-order valence-corrected chi connectivity index (χ4v) is 7.87. The number of hydrogen-bond donors (Lipinski definition) is 3. The molecule has 3 atom stereocenters. The average molecular weight is 567 g/mol. The Bertz CT molecular complexity index is 1340. The molecule has 4 heterocycles. The molecular formula is C24H30N4O6S3.